The first-order valence-corrected chi connectivity index (χ1v) is 8.27. The average molecular weight is 363 g/mol. The molecule has 2 amide bonds. The first-order valence-electron chi connectivity index (χ1n) is 7.11. The number of non-ortho nitro benzene ring substituents is 1. The third-order valence-corrected chi connectivity index (χ3v) is 3.87. The number of nitrogens with zero attached hydrogens (tertiary/aromatic N) is 1. The highest BCUT2D eigenvalue weighted by molar-refractivity contribution is 8.00. The number of nitrogens with one attached hydrogen (secondary N) is 2. The number of hydrogen-bond acceptors (Lipinski definition) is 5. The van der Waals surface area contributed by atoms with Crippen molar-refractivity contribution in [3.8, 4) is 0 Å². The number of benzene rings is 2. The SMILES string of the molecule is O=C(CSCC(=O)Nc1cccc([N+](=O)[O-])c1)Nc1ccc(F)cc1. The molecule has 0 aliphatic rings. The van der Waals surface area contributed by atoms with Crippen molar-refractivity contribution >= 4 is 40.6 Å². The van der Waals surface area contributed by atoms with Crippen LogP contribution in [0.5, 0.6) is 0 Å². The van der Waals surface area contributed by atoms with E-state index in [1.807, 2.05) is 0 Å². The molecule has 2 rings (SSSR count). The van der Waals surface area contributed by atoms with E-state index in [1.54, 1.807) is 0 Å². The van der Waals surface area contributed by atoms with E-state index in [4.69, 9.17) is 0 Å². The van der Waals surface area contributed by atoms with Gasteiger partial charge in [0.2, 0.25) is 11.8 Å². The zero-order valence-corrected chi connectivity index (χ0v) is 13.7. The number of thioether (sulfide) groups is 1. The van der Waals surface area contributed by atoms with Crippen molar-refractivity contribution in [1.82, 2.24) is 0 Å². The highest BCUT2D eigenvalue weighted by Crippen LogP contribution is 2.17. The van der Waals surface area contributed by atoms with Crippen LogP contribution in [0.3, 0.4) is 0 Å². The molecule has 7 nitrogen and oxygen atoms in total. The molecule has 2 N–H and O–H groups in total. The summed E-state index contributed by atoms with van der Waals surface area (Å²) in [5.41, 5.74) is 0.660. The number of nitro benzene ring substituents is 1. The van der Waals surface area contributed by atoms with Crippen molar-refractivity contribution < 1.29 is 18.9 Å². The molecule has 0 heterocycles. The Labute approximate surface area is 146 Å². The Morgan fingerprint density at radius 2 is 1.60 bits per heavy atom. The Balaban J connectivity index is 1.74. The molecule has 9 heteroatoms. The molecule has 0 spiro atoms. The third kappa shape index (κ3) is 6.22. The Morgan fingerprint density at radius 1 is 1.00 bits per heavy atom. The molecule has 0 aliphatic carbocycles. The monoisotopic (exact) mass is 363 g/mol. The summed E-state index contributed by atoms with van der Waals surface area (Å²) >= 11 is 1.09. The van der Waals surface area contributed by atoms with E-state index in [0.29, 0.717) is 11.4 Å². The second-order valence-electron chi connectivity index (χ2n) is 4.90. The Bertz CT molecular complexity index is 783. The Hall–Kier alpha value is -2.94. The Morgan fingerprint density at radius 3 is 2.20 bits per heavy atom. The quantitative estimate of drug-likeness (QED) is 0.582. The van der Waals surface area contributed by atoms with Crippen molar-refractivity contribution in [2.45, 2.75) is 0 Å². The molecule has 0 fully saturated rings. The maximum atomic E-state index is 12.8. The summed E-state index contributed by atoms with van der Waals surface area (Å²) in [6.45, 7) is 0. The van der Waals surface area contributed by atoms with E-state index in [1.165, 1.54) is 48.5 Å². The summed E-state index contributed by atoms with van der Waals surface area (Å²) in [6.07, 6.45) is 0. The second kappa shape index (κ2) is 8.78. The van der Waals surface area contributed by atoms with E-state index in [-0.39, 0.29) is 29.0 Å². The van der Waals surface area contributed by atoms with Gasteiger partial charge in [0.1, 0.15) is 5.82 Å². The van der Waals surface area contributed by atoms with Crippen molar-refractivity contribution in [3.63, 3.8) is 0 Å². The first-order chi connectivity index (χ1) is 11.9. The third-order valence-electron chi connectivity index (χ3n) is 2.94. The van der Waals surface area contributed by atoms with E-state index < -0.39 is 10.7 Å². The van der Waals surface area contributed by atoms with Crippen LogP contribution in [0.15, 0.2) is 48.5 Å². The number of amides is 2. The summed E-state index contributed by atoms with van der Waals surface area (Å²) in [7, 11) is 0. The maximum Gasteiger partial charge on any atom is 0.271 e. The lowest BCUT2D eigenvalue weighted by Crippen LogP contribution is -2.18. The summed E-state index contributed by atoms with van der Waals surface area (Å²) in [5.74, 6) is -1.04. The van der Waals surface area contributed by atoms with Gasteiger partial charge in [-0.3, -0.25) is 19.7 Å². The van der Waals surface area contributed by atoms with Gasteiger partial charge in [-0.15, -0.1) is 11.8 Å². The number of anilines is 2. The van der Waals surface area contributed by atoms with Crippen LogP contribution in [0.2, 0.25) is 0 Å². The number of nitro groups is 1. The highest BCUT2D eigenvalue weighted by atomic mass is 32.2. The fourth-order valence-electron chi connectivity index (χ4n) is 1.86. The van der Waals surface area contributed by atoms with E-state index in [2.05, 4.69) is 10.6 Å². The van der Waals surface area contributed by atoms with Crippen LogP contribution in [-0.4, -0.2) is 28.2 Å². The molecule has 130 valence electrons. The summed E-state index contributed by atoms with van der Waals surface area (Å²) in [6, 6.07) is 10.9. The normalized spacial score (nSPS) is 10.1. The van der Waals surface area contributed by atoms with Gasteiger partial charge >= 0.3 is 0 Å². The van der Waals surface area contributed by atoms with Gasteiger partial charge in [-0.25, -0.2) is 4.39 Å². The van der Waals surface area contributed by atoms with Gasteiger partial charge in [0.25, 0.3) is 5.69 Å². The van der Waals surface area contributed by atoms with Crippen LogP contribution in [-0.2, 0) is 9.59 Å². The molecule has 0 aromatic heterocycles. The highest BCUT2D eigenvalue weighted by Gasteiger charge is 2.09. The van der Waals surface area contributed by atoms with Gasteiger partial charge < -0.3 is 10.6 Å². The Kier molecular flexibility index (Phi) is 6.47. The van der Waals surface area contributed by atoms with Gasteiger partial charge in [-0.2, -0.15) is 0 Å². The molecule has 0 atom stereocenters. The van der Waals surface area contributed by atoms with E-state index in [9.17, 15) is 24.1 Å². The van der Waals surface area contributed by atoms with Crippen molar-refractivity contribution in [1.29, 1.82) is 0 Å². The van der Waals surface area contributed by atoms with Crippen molar-refractivity contribution in [3.05, 3.63) is 64.5 Å². The molecular formula is C16H14FN3O4S. The van der Waals surface area contributed by atoms with Crippen LogP contribution >= 0.6 is 11.8 Å². The van der Waals surface area contributed by atoms with Crippen molar-refractivity contribution in [2.24, 2.45) is 0 Å². The number of rotatable bonds is 7. The summed E-state index contributed by atoms with van der Waals surface area (Å²) < 4.78 is 12.8. The van der Waals surface area contributed by atoms with Crippen molar-refractivity contribution in [2.75, 3.05) is 22.1 Å². The molecule has 0 radical (unpaired) electrons. The zero-order valence-electron chi connectivity index (χ0n) is 12.9. The molecular weight excluding hydrogens is 349 g/mol. The predicted octanol–water partition coefficient (Wildman–Crippen LogP) is 3.04. The van der Waals surface area contributed by atoms with Crippen LogP contribution in [0.25, 0.3) is 0 Å². The van der Waals surface area contributed by atoms with E-state index in [0.717, 1.165) is 11.8 Å². The van der Waals surface area contributed by atoms with Gasteiger partial charge in [-0.1, -0.05) is 6.07 Å². The second-order valence-corrected chi connectivity index (χ2v) is 5.89. The largest absolute Gasteiger partial charge is 0.325 e. The lowest BCUT2D eigenvalue weighted by molar-refractivity contribution is -0.384. The van der Waals surface area contributed by atoms with Crippen LogP contribution in [0.4, 0.5) is 21.5 Å². The molecule has 0 unspecified atom stereocenters. The van der Waals surface area contributed by atoms with Gasteiger partial charge in [0, 0.05) is 23.5 Å². The van der Waals surface area contributed by atoms with Gasteiger partial charge in [0.15, 0.2) is 0 Å². The summed E-state index contributed by atoms with van der Waals surface area (Å²) in [4.78, 5) is 33.6. The molecule has 0 saturated heterocycles. The number of halogens is 1. The van der Waals surface area contributed by atoms with Gasteiger partial charge in [-0.05, 0) is 30.3 Å². The molecule has 0 saturated carbocycles. The maximum absolute atomic E-state index is 12.8. The average Bonchev–Trinajstić information content (AvgIpc) is 2.57. The molecule has 25 heavy (non-hydrogen) atoms. The van der Waals surface area contributed by atoms with E-state index >= 15 is 0 Å². The molecule has 0 aliphatic heterocycles. The fraction of sp³-hybridized carbons (Fsp3) is 0.125. The lowest BCUT2D eigenvalue weighted by atomic mass is 10.3. The minimum atomic E-state index is -0.551. The smallest absolute Gasteiger partial charge is 0.271 e. The topological polar surface area (TPSA) is 101 Å². The fourth-order valence-corrected chi connectivity index (χ4v) is 2.48. The zero-order chi connectivity index (χ0) is 18.2. The predicted molar refractivity (Wildman–Crippen MR) is 94.1 cm³/mol. The molecule has 0 bridgehead atoms. The molecule has 2 aromatic rings. The minimum Gasteiger partial charge on any atom is -0.325 e. The number of hydrogen-bond donors (Lipinski definition) is 2. The minimum absolute atomic E-state index is 0.0134. The number of carbonyl (C=O) groups is 2. The van der Waals surface area contributed by atoms with Crippen LogP contribution < -0.4 is 10.6 Å². The first kappa shape index (κ1) is 18.4. The van der Waals surface area contributed by atoms with Crippen LogP contribution in [0.1, 0.15) is 0 Å². The van der Waals surface area contributed by atoms with Crippen LogP contribution in [0, 0.1) is 15.9 Å². The van der Waals surface area contributed by atoms with Gasteiger partial charge in [0.05, 0.1) is 16.4 Å². The summed E-state index contributed by atoms with van der Waals surface area (Å²) in [5, 5.41) is 15.8. The lowest BCUT2D eigenvalue weighted by Gasteiger charge is -2.06. The molecule has 2 aromatic carbocycles. The number of carbonyl (C=O) groups excluding carboxylic acids is 2. The standard InChI is InChI=1S/C16H14FN3O4S/c17-11-4-6-12(7-5-11)18-15(21)9-25-10-16(22)19-13-2-1-3-14(8-13)20(23)24/h1-8H,9-10H2,(H,18,21)(H,19,22).